The number of benzene rings is 3. The molecule has 1 aliphatic heterocycles. The molecule has 0 saturated heterocycles. The number of hydrogen-bond acceptors (Lipinski definition) is 2. The number of hydrogen-bond donors (Lipinski definition) is 1. The van der Waals surface area contributed by atoms with Crippen LogP contribution in [0.25, 0.3) is 10.8 Å². The van der Waals surface area contributed by atoms with Gasteiger partial charge in [-0.25, -0.2) is 0 Å². The second-order valence-electron chi connectivity index (χ2n) is 5.89. The van der Waals surface area contributed by atoms with Crippen LogP contribution in [0.2, 0.25) is 0 Å². The molecule has 0 unspecified atom stereocenters. The standard InChI is InChI=1S/C20H17NO/c1-13-6-2-4-8-15(13)18-12-19(22)20-16-9-5-3-7-14(16)10-11-17(20)21-18/h2-11,18,21H,12H2,1H3/t18-/m0/s1. The molecule has 2 nitrogen and oxygen atoms in total. The number of nitrogens with one attached hydrogen (secondary N) is 1. The van der Waals surface area contributed by atoms with Gasteiger partial charge in [0.2, 0.25) is 0 Å². The predicted octanol–water partition coefficient (Wildman–Crippen LogP) is 4.89. The van der Waals surface area contributed by atoms with Gasteiger partial charge in [0.1, 0.15) is 0 Å². The van der Waals surface area contributed by atoms with Crippen molar-refractivity contribution in [2.45, 2.75) is 19.4 Å². The number of rotatable bonds is 1. The molecule has 3 aromatic rings. The van der Waals surface area contributed by atoms with Crippen molar-refractivity contribution in [3.8, 4) is 0 Å². The van der Waals surface area contributed by atoms with E-state index < -0.39 is 0 Å². The SMILES string of the molecule is Cc1ccccc1[C@@H]1CC(=O)c2c(ccc3ccccc23)N1. The van der Waals surface area contributed by atoms with E-state index in [0.29, 0.717) is 6.42 Å². The number of carbonyl (C=O) groups excluding carboxylic acids is 1. The summed E-state index contributed by atoms with van der Waals surface area (Å²) in [5.41, 5.74) is 4.21. The lowest BCUT2D eigenvalue weighted by molar-refractivity contribution is 0.0974. The monoisotopic (exact) mass is 287 g/mol. The van der Waals surface area contributed by atoms with E-state index in [2.05, 4.69) is 36.5 Å². The molecule has 0 spiro atoms. The molecule has 1 heterocycles. The molecule has 0 radical (unpaired) electrons. The first-order valence-corrected chi connectivity index (χ1v) is 7.61. The van der Waals surface area contributed by atoms with Crippen LogP contribution in [0.3, 0.4) is 0 Å². The summed E-state index contributed by atoms with van der Waals surface area (Å²) in [6.45, 7) is 2.09. The molecule has 0 aromatic heterocycles. The number of aryl methyl sites for hydroxylation is 1. The summed E-state index contributed by atoms with van der Waals surface area (Å²) in [5, 5.41) is 5.71. The Hall–Kier alpha value is -2.61. The third-order valence-corrected chi connectivity index (χ3v) is 4.49. The molecule has 22 heavy (non-hydrogen) atoms. The van der Waals surface area contributed by atoms with Gasteiger partial charge in [0.25, 0.3) is 0 Å². The quantitative estimate of drug-likeness (QED) is 0.690. The topological polar surface area (TPSA) is 29.1 Å². The average molecular weight is 287 g/mol. The van der Waals surface area contributed by atoms with Crippen LogP contribution < -0.4 is 5.32 Å². The van der Waals surface area contributed by atoms with E-state index in [1.54, 1.807) is 0 Å². The smallest absolute Gasteiger partial charge is 0.167 e. The molecule has 3 aromatic carbocycles. The zero-order valence-corrected chi connectivity index (χ0v) is 12.5. The van der Waals surface area contributed by atoms with Crippen molar-refractivity contribution < 1.29 is 4.79 Å². The van der Waals surface area contributed by atoms with Crippen molar-refractivity contribution in [2.75, 3.05) is 5.32 Å². The highest BCUT2D eigenvalue weighted by molar-refractivity contribution is 6.14. The lowest BCUT2D eigenvalue weighted by atomic mass is 9.88. The maximum absolute atomic E-state index is 12.8. The van der Waals surface area contributed by atoms with Crippen LogP contribution in [0.1, 0.15) is 33.9 Å². The molecule has 1 N–H and O–H groups in total. The fourth-order valence-electron chi connectivity index (χ4n) is 3.38. The summed E-state index contributed by atoms with van der Waals surface area (Å²) < 4.78 is 0. The first-order valence-electron chi connectivity index (χ1n) is 7.61. The van der Waals surface area contributed by atoms with E-state index in [-0.39, 0.29) is 11.8 Å². The number of Topliss-reactive ketones (excluding diaryl/α,β-unsaturated/α-hetero) is 1. The summed E-state index contributed by atoms with van der Waals surface area (Å²) in [7, 11) is 0. The second-order valence-corrected chi connectivity index (χ2v) is 5.89. The third kappa shape index (κ3) is 2.00. The van der Waals surface area contributed by atoms with Gasteiger partial charge in [-0.1, -0.05) is 54.6 Å². The van der Waals surface area contributed by atoms with Gasteiger partial charge in [-0.15, -0.1) is 0 Å². The van der Waals surface area contributed by atoms with Gasteiger partial charge in [-0.05, 0) is 34.9 Å². The van der Waals surface area contributed by atoms with Crippen LogP contribution in [0.4, 0.5) is 5.69 Å². The molecule has 0 fully saturated rings. The van der Waals surface area contributed by atoms with Gasteiger partial charge >= 0.3 is 0 Å². The summed E-state index contributed by atoms with van der Waals surface area (Å²) >= 11 is 0. The van der Waals surface area contributed by atoms with Crippen LogP contribution in [0.5, 0.6) is 0 Å². The summed E-state index contributed by atoms with van der Waals surface area (Å²) in [6, 6.07) is 20.5. The highest BCUT2D eigenvalue weighted by atomic mass is 16.1. The molecule has 4 rings (SSSR count). The number of ketones is 1. The van der Waals surface area contributed by atoms with E-state index in [0.717, 1.165) is 22.0 Å². The minimum absolute atomic E-state index is 0.0577. The molecule has 0 aliphatic carbocycles. The fraction of sp³-hybridized carbons (Fsp3) is 0.150. The van der Waals surface area contributed by atoms with Gasteiger partial charge in [0.15, 0.2) is 5.78 Å². The lowest BCUT2D eigenvalue weighted by Gasteiger charge is -2.28. The first kappa shape index (κ1) is 13.1. The van der Waals surface area contributed by atoms with Crippen molar-refractivity contribution in [3.05, 3.63) is 77.4 Å². The summed E-state index contributed by atoms with van der Waals surface area (Å²) in [4.78, 5) is 12.8. The zero-order valence-electron chi connectivity index (χ0n) is 12.5. The van der Waals surface area contributed by atoms with Gasteiger partial charge in [-0.2, -0.15) is 0 Å². The Kier molecular flexibility index (Phi) is 2.97. The van der Waals surface area contributed by atoms with E-state index in [9.17, 15) is 4.79 Å². The average Bonchev–Trinajstić information content (AvgIpc) is 2.54. The molecular weight excluding hydrogens is 270 g/mol. The molecule has 1 aliphatic rings. The van der Waals surface area contributed by atoms with Crippen molar-refractivity contribution in [3.63, 3.8) is 0 Å². The Morgan fingerprint density at radius 1 is 0.955 bits per heavy atom. The normalized spacial score (nSPS) is 17.1. The highest BCUT2D eigenvalue weighted by Gasteiger charge is 2.27. The van der Waals surface area contributed by atoms with Gasteiger partial charge in [-0.3, -0.25) is 4.79 Å². The van der Waals surface area contributed by atoms with E-state index >= 15 is 0 Å². The largest absolute Gasteiger partial charge is 0.377 e. The van der Waals surface area contributed by atoms with E-state index in [1.165, 1.54) is 11.1 Å². The Bertz CT molecular complexity index is 882. The van der Waals surface area contributed by atoms with E-state index in [4.69, 9.17) is 0 Å². The Morgan fingerprint density at radius 3 is 2.59 bits per heavy atom. The fourth-order valence-corrected chi connectivity index (χ4v) is 3.38. The third-order valence-electron chi connectivity index (χ3n) is 4.49. The van der Waals surface area contributed by atoms with Crippen molar-refractivity contribution in [2.24, 2.45) is 0 Å². The zero-order chi connectivity index (χ0) is 15.1. The maximum atomic E-state index is 12.8. The summed E-state index contributed by atoms with van der Waals surface area (Å²) in [5.74, 6) is 0.221. The molecular formula is C20H17NO. The molecule has 0 amide bonds. The van der Waals surface area contributed by atoms with Crippen LogP contribution in [-0.2, 0) is 0 Å². The van der Waals surface area contributed by atoms with Crippen LogP contribution >= 0.6 is 0 Å². The van der Waals surface area contributed by atoms with Crippen molar-refractivity contribution >= 4 is 22.2 Å². The Balaban J connectivity index is 1.83. The second kappa shape index (κ2) is 4.99. The minimum Gasteiger partial charge on any atom is -0.377 e. The predicted molar refractivity (Wildman–Crippen MR) is 90.4 cm³/mol. The van der Waals surface area contributed by atoms with Gasteiger partial charge in [0.05, 0.1) is 6.04 Å². The molecule has 108 valence electrons. The lowest BCUT2D eigenvalue weighted by Crippen LogP contribution is -2.23. The molecule has 2 heteroatoms. The minimum atomic E-state index is 0.0577. The number of anilines is 1. The Morgan fingerprint density at radius 2 is 1.73 bits per heavy atom. The molecule has 0 saturated carbocycles. The van der Waals surface area contributed by atoms with Gasteiger partial charge < -0.3 is 5.32 Å². The van der Waals surface area contributed by atoms with Crippen molar-refractivity contribution in [1.29, 1.82) is 0 Å². The van der Waals surface area contributed by atoms with Crippen LogP contribution in [0, 0.1) is 6.92 Å². The van der Waals surface area contributed by atoms with Crippen molar-refractivity contribution in [1.82, 2.24) is 0 Å². The number of carbonyl (C=O) groups is 1. The highest BCUT2D eigenvalue weighted by Crippen LogP contribution is 2.37. The summed E-state index contributed by atoms with van der Waals surface area (Å²) in [6.07, 6.45) is 0.506. The molecule has 1 atom stereocenters. The molecule has 0 bridgehead atoms. The van der Waals surface area contributed by atoms with E-state index in [1.807, 2.05) is 36.4 Å². The van der Waals surface area contributed by atoms with Gasteiger partial charge in [0, 0.05) is 17.7 Å². The Labute approximate surface area is 129 Å². The maximum Gasteiger partial charge on any atom is 0.167 e. The van der Waals surface area contributed by atoms with Crippen LogP contribution in [-0.4, -0.2) is 5.78 Å². The first-order chi connectivity index (χ1) is 10.7. The van der Waals surface area contributed by atoms with Crippen LogP contribution in [0.15, 0.2) is 60.7 Å². The number of fused-ring (bicyclic) bond motifs is 3.